The number of nitrogens with two attached hydrogens (primary N) is 1. The maximum Gasteiger partial charge on any atom is 0.00696 e. The SMILES string of the molecule is CCC(C)CC(N)C1CCCC1. The van der Waals surface area contributed by atoms with Crippen LogP contribution in [0, 0.1) is 11.8 Å². The van der Waals surface area contributed by atoms with Gasteiger partial charge in [-0.1, -0.05) is 33.1 Å². The highest BCUT2D eigenvalue weighted by molar-refractivity contribution is 4.78. The second kappa shape index (κ2) is 4.86. The lowest BCUT2D eigenvalue weighted by Gasteiger charge is -2.21. The average Bonchev–Trinajstić information content (AvgIpc) is 2.56. The molecule has 0 aliphatic heterocycles. The zero-order valence-electron chi connectivity index (χ0n) is 8.55. The predicted molar refractivity (Wildman–Crippen MR) is 54.0 cm³/mol. The van der Waals surface area contributed by atoms with Crippen LogP contribution in [0.2, 0.25) is 0 Å². The van der Waals surface area contributed by atoms with Crippen molar-refractivity contribution in [2.24, 2.45) is 17.6 Å². The Morgan fingerprint density at radius 2 is 1.92 bits per heavy atom. The summed E-state index contributed by atoms with van der Waals surface area (Å²) in [6.45, 7) is 4.57. The normalized spacial score (nSPS) is 24.2. The molecule has 0 heterocycles. The third kappa shape index (κ3) is 2.78. The summed E-state index contributed by atoms with van der Waals surface area (Å²) in [5.74, 6) is 1.67. The van der Waals surface area contributed by atoms with Crippen molar-refractivity contribution in [3.05, 3.63) is 0 Å². The summed E-state index contributed by atoms with van der Waals surface area (Å²) in [7, 11) is 0. The molecule has 1 nitrogen and oxygen atoms in total. The van der Waals surface area contributed by atoms with Gasteiger partial charge in [0.2, 0.25) is 0 Å². The lowest BCUT2D eigenvalue weighted by molar-refractivity contribution is 0.352. The van der Waals surface area contributed by atoms with Crippen molar-refractivity contribution in [3.8, 4) is 0 Å². The van der Waals surface area contributed by atoms with Crippen molar-refractivity contribution < 1.29 is 0 Å². The zero-order chi connectivity index (χ0) is 8.97. The highest BCUT2D eigenvalue weighted by Gasteiger charge is 2.22. The molecule has 0 bridgehead atoms. The van der Waals surface area contributed by atoms with Crippen molar-refractivity contribution in [3.63, 3.8) is 0 Å². The van der Waals surface area contributed by atoms with Crippen LogP contribution < -0.4 is 5.73 Å². The van der Waals surface area contributed by atoms with Crippen molar-refractivity contribution in [2.75, 3.05) is 0 Å². The first-order valence-corrected chi connectivity index (χ1v) is 5.49. The lowest BCUT2D eigenvalue weighted by Crippen LogP contribution is -2.30. The molecule has 0 aromatic carbocycles. The molecule has 2 atom stereocenters. The summed E-state index contributed by atoms with van der Waals surface area (Å²) >= 11 is 0. The zero-order valence-corrected chi connectivity index (χ0v) is 8.55. The van der Waals surface area contributed by atoms with Crippen LogP contribution in [-0.4, -0.2) is 6.04 Å². The van der Waals surface area contributed by atoms with Gasteiger partial charge >= 0.3 is 0 Å². The van der Waals surface area contributed by atoms with Crippen LogP contribution in [0.1, 0.15) is 52.4 Å². The van der Waals surface area contributed by atoms with Gasteiger partial charge < -0.3 is 5.73 Å². The first-order valence-electron chi connectivity index (χ1n) is 5.49. The Balaban J connectivity index is 2.21. The Bertz CT molecular complexity index is 116. The highest BCUT2D eigenvalue weighted by Crippen LogP contribution is 2.29. The van der Waals surface area contributed by atoms with Crippen molar-refractivity contribution in [1.29, 1.82) is 0 Å². The fourth-order valence-electron chi connectivity index (χ4n) is 2.21. The van der Waals surface area contributed by atoms with Crippen LogP contribution in [0.25, 0.3) is 0 Å². The Kier molecular flexibility index (Phi) is 4.07. The van der Waals surface area contributed by atoms with E-state index in [0.717, 1.165) is 11.8 Å². The molecule has 0 aromatic rings. The van der Waals surface area contributed by atoms with Crippen LogP contribution in [-0.2, 0) is 0 Å². The minimum atomic E-state index is 0.488. The summed E-state index contributed by atoms with van der Waals surface area (Å²) < 4.78 is 0. The first kappa shape index (κ1) is 10.0. The van der Waals surface area contributed by atoms with E-state index in [0.29, 0.717) is 6.04 Å². The molecular weight excluding hydrogens is 146 g/mol. The molecule has 0 saturated heterocycles. The molecule has 0 aromatic heterocycles. The molecule has 12 heavy (non-hydrogen) atoms. The topological polar surface area (TPSA) is 26.0 Å². The molecule has 0 radical (unpaired) electrons. The predicted octanol–water partition coefficient (Wildman–Crippen LogP) is 2.94. The van der Waals surface area contributed by atoms with Crippen LogP contribution in [0.4, 0.5) is 0 Å². The monoisotopic (exact) mass is 169 g/mol. The molecule has 1 aliphatic rings. The summed E-state index contributed by atoms with van der Waals surface area (Å²) in [5, 5.41) is 0. The van der Waals surface area contributed by atoms with Crippen LogP contribution >= 0.6 is 0 Å². The molecular formula is C11H23N. The summed E-state index contributed by atoms with van der Waals surface area (Å²) in [5.41, 5.74) is 6.16. The number of hydrogen-bond donors (Lipinski definition) is 1. The highest BCUT2D eigenvalue weighted by atomic mass is 14.7. The van der Waals surface area contributed by atoms with E-state index in [-0.39, 0.29) is 0 Å². The first-order chi connectivity index (χ1) is 5.74. The van der Waals surface area contributed by atoms with Crippen molar-refractivity contribution in [1.82, 2.24) is 0 Å². The molecule has 1 heteroatoms. The van der Waals surface area contributed by atoms with Gasteiger partial charge in [-0.25, -0.2) is 0 Å². The summed E-state index contributed by atoms with van der Waals surface area (Å²) in [6.07, 6.45) is 8.12. The molecule has 1 saturated carbocycles. The van der Waals surface area contributed by atoms with E-state index in [1.54, 1.807) is 0 Å². The Morgan fingerprint density at radius 1 is 1.33 bits per heavy atom. The molecule has 0 amide bonds. The minimum absolute atomic E-state index is 0.488. The van der Waals surface area contributed by atoms with Gasteiger partial charge in [0.05, 0.1) is 0 Å². The minimum Gasteiger partial charge on any atom is -0.327 e. The smallest absolute Gasteiger partial charge is 0.00696 e. The molecule has 1 fully saturated rings. The van der Waals surface area contributed by atoms with Crippen molar-refractivity contribution in [2.45, 2.75) is 58.4 Å². The Morgan fingerprint density at radius 3 is 2.42 bits per heavy atom. The standard InChI is InChI=1S/C11H23N/c1-3-9(2)8-11(12)10-6-4-5-7-10/h9-11H,3-8,12H2,1-2H3. The molecule has 2 N–H and O–H groups in total. The van der Waals surface area contributed by atoms with Gasteiger partial charge in [0.1, 0.15) is 0 Å². The van der Waals surface area contributed by atoms with E-state index >= 15 is 0 Å². The summed E-state index contributed by atoms with van der Waals surface area (Å²) in [4.78, 5) is 0. The van der Waals surface area contributed by atoms with Crippen molar-refractivity contribution >= 4 is 0 Å². The van der Waals surface area contributed by atoms with E-state index in [2.05, 4.69) is 13.8 Å². The maximum atomic E-state index is 6.16. The third-order valence-corrected chi connectivity index (χ3v) is 3.38. The third-order valence-electron chi connectivity index (χ3n) is 3.38. The van der Waals surface area contributed by atoms with Crippen LogP contribution in [0.3, 0.4) is 0 Å². The van der Waals surface area contributed by atoms with Gasteiger partial charge in [0.15, 0.2) is 0 Å². The van der Waals surface area contributed by atoms with Crippen LogP contribution in [0.15, 0.2) is 0 Å². The quantitative estimate of drug-likeness (QED) is 0.688. The molecule has 1 aliphatic carbocycles. The van der Waals surface area contributed by atoms with E-state index in [9.17, 15) is 0 Å². The second-order valence-electron chi connectivity index (χ2n) is 4.46. The van der Waals surface area contributed by atoms with Crippen LogP contribution in [0.5, 0.6) is 0 Å². The molecule has 72 valence electrons. The van der Waals surface area contributed by atoms with Gasteiger partial charge in [0.25, 0.3) is 0 Å². The van der Waals surface area contributed by atoms with Gasteiger partial charge in [-0.3, -0.25) is 0 Å². The van der Waals surface area contributed by atoms with Gasteiger partial charge in [-0.15, -0.1) is 0 Å². The molecule has 2 unspecified atom stereocenters. The largest absolute Gasteiger partial charge is 0.327 e. The summed E-state index contributed by atoms with van der Waals surface area (Å²) in [6, 6.07) is 0.488. The van der Waals surface area contributed by atoms with Gasteiger partial charge in [0, 0.05) is 6.04 Å². The maximum absolute atomic E-state index is 6.16. The lowest BCUT2D eigenvalue weighted by atomic mass is 9.90. The Labute approximate surface area is 76.7 Å². The number of rotatable bonds is 4. The fraction of sp³-hybridized carbons (Fsp3) is 1.00. The Hall–Kier alpha value is -0.0400. The van der Waals surface area contributed by atoms with E-state index in [1.165, 1.54) is 38.5 Å². The fourth-order valence-corrected chi connectivity index (χ4v) is 2.21. The van der Waals surface area contributed by atoms with Gasteiger partial charge in [-0.05, 0) is 31.1 Å². The van der Waals surface area contributed by atoms with E-state index < -0.39 is 0 Å². The second-order valence-corrected chi connectivity index (χ2v) is 4.46. The van der Waals surface area contributed by atoms with E-state index in [4.69, 9.17) is 5.73 Å². The number of hydrogen-bond acceptors (Lipinski definition) is 1. The molecule has 1 rings (SSSR count). The van der Waals surface area contributed by atoms with E-state index in [1.807, 2.05) is 0 Å². The molecule has 0 spiro atoms. The average molecular weight is 169 g/mol. The van der Waals surface area contributed by atoms with Gasteiger partial charge in [-0.2, -0.15) is 0 Å².